The largest absolute Gasteiger partial charge is 0.382 e. The average Bonchev–Trinajstić information content (AvgIpc) is 3.42. The van der Waals surface area contributed by atoms with Crippen molar-refractivity contribution in [1.29, 1.82) is 0 Å². The Morgan fingerprint density at radius 1 is 0.356 bits per heavy atom. The smallest absolute Gasteiger partial charge is 0.0696 e. The topological polar surface area (TPSA) is 55.4 Å². The number of rotatable bonds is 10. The van der Waals surface area contributed by atoms with Gasteiger partial charge in [0.25, 0.3) is 0 Å². The van der Waals surface area contributed by atoms with Crippen LogP contribution in [0.1, 0.15) is 143 Å². The van der Waals surface area contributed by atoms with E-state index in [2.05, 4.69) is 181 Å². The second-order valence-electron chi connectivity index (χ2n) is 20.1. The minimum atomic E-state index is 0. The van der Waals surface area contributed by atoms with Gasteiger partial charge in [-0.1, -0.05) is 148 Å². The van der Waals surface area contributed by atoms with E-state index in [9.17, 15) is 0 Å². The zero-order valence-corrected chi connectivity index (χ0v) is 42.7. The monoisotopic (exact) mass is 830 g/mol. The quantitative estimate of drug-likeness (QED) is 0.0902. The predicted octanol–water partition coefficient (Wildman–Crippen LogP) is 11.5. The third-order valence-corrected chi connectivity index (χ3v) is 11.3. The molecule has 4 rings (SSSR count). The maximum atomic E-state index is 4.66. The summed E-state index contributed by atoms with van der Waals surface area (Å²) in [6.07, 6.45) is 0. The number of fused-ring (bicyclic) bond motifs is 3. The molecule has 0 heterocycles. The molecule has 0 atom stereocenters. The van der Waals surface area contributed by atoms with Crippen molar-refractivity contribution in [2.24, 2.45) is 0 Å². The summed E-state index contributed by atoms with van der Waals surface area (Å²) < 4.78 is 27.9. The molecule has 0 aliphatic heterocycles. The van der Waals surface area contributed by atoms with Gasteiger partial charge in [-0.05, 0) is 89.3 Å². The van der Waals surface area contributed by atoms with E-state index in [1.807, 2.05) is 0 Å². The summed E-state index contributed by atoms with van der Waals surface area (Å²) in [6.45, 7) is 39.5. The summed E-state index contributed by atoms with van der Waals surface area (Å²) >= 11 is 0. The maximum Gasteiger partial charge on any atom is 0.0696 e. The number of benzene rings is 3. The van der Waals surface area contributed by atoms with Crippen LogP contribution in [0.2, 0.25) is 0 Å². The van der Waals surface area contributed by atoms with Crippen LogP contribution >= 0.6 is 8.20 Å². The summed E-state index contributed by atoms with van der Waals surface area (Å²) in [5, 5.41) is 2.95. The Balaban J connectivity index is 0.00000148. The Kier molecular flexibility index (Phi) is 24.6. The van der Waals surface area contributed by atoms with Crippen LogP contribution in [-0.4, -0.2) is 106 Å². The van der Waals surface area contributed by atoms with E-state index >= 15 is 0 Å². The molecule has 329 valence electrons. The van der Waals surface area contributed by atoms with Gasteiger partial charge in [-0.25, -0.2) is 0 Å². The van der Waals surface area contributed by atoms with Crippen molar-refractivity contribution in [3.63, 3.8) is 0 Å². The van der Waals surface area contributed by atoms with E-state index in [0.717, 1.165) is 0 Å². The van der Waals surface area contributed by atoms with Crippen LogP contribution in [0.3, 0.4) is 0 Å². The van der Waals surface area contributed by atoms with E-state index < -0.39 is 0 Å². The van der Waals surface area contributed by atoms with Crippen molar-refractivity contribution in [1.82, 2.24) is 0 Å². The standard InChI is InChI=1S/C39H53P.3C4H10O2.Li/c1-35(2,3)24-16-18-27-28-19-17-25(36(4,5)6)21-30(28)33(29(27)20-24)40-34-31(38(10,11)12)22-26(37(7,8)9)23-32(34)39(13,14)15;3*1-5-3-4-6-2;/h16-23H,1-15H3;3*3-4H2,1-2H3;. The van der Waals surface area contributed by atoms with Crippen molar-refractivity contribution < 1.29 is 28.4 Å². The molecule has 0 saturated heterocycles. The fourth-order valence-corrected chi connectivity index (χ4v) is 7.97. The molecular weight excluding hydrogens is 746 g/mol. The van der Waals surface area contributed by atoms with Gasteiger partial charge < -0.3 is 28.4 Å². The molecule has 3 aromatic carbocycles. The summed E-state index contributed by atoms with van der Waals surface area (Å²) in [6, 6.07) is 19.5. The molecule has 0 bridgehead atoms. The molecule has 0 amide bonds. The molecule has 0 fully saturated rings. The summed E-state index contributed by atoms with van der Waals surface area (Å²) in [5.41, 5.74) is 13.2. The van der Waals surface area contributed by atoms with E-state index in [1.54, 1.807) is 42.7 Å². The Bertz CT molecular complexity index is 1580. The molecule has 1 aliphatic carbocycles. The van der Waals surface area contributed by atoms with Crippen LogP contribution in [0.15, 0.2) is 48.5 Å². The first-order chi connectivity index (χ1) is 26.7. The van der Waals surface area contributed by atoms with Gasteiger partial charge in [0, 0.05) is 72.1 Å². The number of methoxy groups -OCH3 is 6. The molecule has 0 unspecified atom stereocenters. The molecule has 0 saturated carbocycles. The Labute approximate surface area is 376 Å². The van der Waals surface area contributed by atoms with Crippen molar-refractivity contribution in [3.8, 4) is 11.1 Å². The van der Waals surface area contributed by atoms with Gasteiger partial charge in [0.05, 0.1) is 39.6 Å². The zero-order valence-electron chi connectivity index (χ0n) is 41.8. The normalized spacial score (nSPS) is 12.6. The van der Waals surface area contributed by atoms with Crippen molar-refractivity contribution in [3.05, 3.63) is 87.5 Å². The first-order valence-corrected chi connectivity index (χ1v) is 21.7. The Morgan fingerprint density at radius 3 is 0.847 bits per heavy atom. The average molecular weight is 830 g/mol. The van der Waals surface area contributed by atoms with Crippen molar-refractivity contribution in [2.45, 2.75) is 131 Å². The Morgan fingerprint density at radius 2 is 0.627 bits per heavy atom. The van der Waals surface area contributed by atoms with Crippen LogP contribution in [-0.2, 0) is 55.5 Å². The molecule has 6 nitrogen and oxygen atoms in total. The van der Waals surface area contributed by atoms with Gasteiger partial charge in [-0.2, -0.15) is 0 Å². The van der Waals surface area contributed by atoms with Crippen LogP contribution in [0, 0.1) is 0 Å². The first kappa shape index (κ1) is 57.2. The third kappa shape index (κ3) is 18.2. The molecular formula is C51H83LiO6P. The predicted molar refractivity (Wildman–Crippen MR) is 259 cm³/mol. The summed E-state index contributed by atoms with van der Waals surface area (Å²) in [7, 11) is 11.2. The minimum absolute atomic E-state index is 0. The van der Waals surface area contributed by atoms with Crippen LogP contribution < -0.4 is 5.30 Å². The maximum absolute atomic E-state index is 4.66. The number of ether oxygens (including phenoxy) is 6. The van der Waals surface area contributed by atoms with Gasteiger partial charge >= 0.3 is 0 Å². The van der Waals surface area contributed by atoms with Crippen LogP contribution in [0.5, 0.6) is 0 Å². The minimum Gasteiger partial charge on any atom is -0.382 e. The van der Waals surface area contributed by atoms with Gasteiger partial charge in [0.1, 0.15) is 0 Å². The molecule has 0 N–H and O–H groups in total. The molecule has 0 spiro atoms. The first-order valence-electron chi connectivity index (χ1n) is 20.8. The second kappa shape index (κ2) is 25.3. The van der Waals surface area contributed by atoms with E-state index in [-0.39, 0.29) is 45.9 Å². The molecule has 1 aliphatic rings. The molecule has 0 aromatic heterocycles. The van der Waals surface area contributed by atoms with Crippen LogP contribution in [0.25, 0.3) is 11.1 Å². The number of hydrogen-bond acceptors (Lipinski definition) is 6. The van der Waals surface area contributed by atoms with E-state index in [1.165, 1.54) is 68.9 Å². The Hall–Kier alpha value is -1.81. The third-order valence-electron chi connectivity index (χ3n) is 9.86. The number of hydrogen-bond donors (Lipinski definition) is 0. The fourth-order valence-electron chi connectivity index (χ4n) is 6.09. The molecule has 8 heteroatoms. The van der Waals surface area contributed by atoms with Gasteiger partial charge in [0.15, 0.2) is 0 Å². The molecule has 59 heavy (non-hydrogen) atoms. The SMILES string of the molecule is CC(C)(C)c1ccc2c(c1)C(=Pc1c(C(C)(C)C)cc(C(C)(C)C)cc1C(C)(C)C)c1cc(C(C)(C)C)ccc1-2.COCCOC.COCCOC.COCCOC.[Li]. The second-order valence-corrected chi connectivity index (χ2v) is 21.2. The summed E-state index contributed by atoms with van der Waals surface area (Å²) in [4.78, 5) is 0. The summed E-state index contributed by atoms with van der Waals surface area (Å²) in [5.74, 6) is 0. The molecule has 1 radical (unpaired) electrons. The van der Waals surface area contributed by atoms with Crippen LogP contribution in [0.4, 0.5) is 0 Å². The van der Waals surface area contributed by atoms with Gasteiger partial charge in [-0.15, -0.1) is 0 Å². The molecule has 3 aromatic rings. The van der Waals surface area contributed by atoms with Gasteiger partial charge in [0.2, 0.25) is 0 Å². The van der Waals surface area contributed by atoms with E-state index in [0.29, 0.717) is 39.6 Å². The van der Waals surface area contributed by atoms with E-state index in [4.69, 9.17) is 0 Å². The van der Waals surface area contributed by atoms with Crippen molar-refractivity contribution in [2.75, 3.05) is 82.3 Å². The van der Waals surface area contributed by atoms with Crippen molar-refractivity contribution >= 4 is 37.7 Å². The zero-order chi connectivity index (χ0) is 44.7. The fraction of sp³-hybridized carbons (Fsp3) is 0.627. The van der Waals surface area contributed by atoms with Gasteiger partial charge in [-0.3, -0.25) is 0 Å².